The number of ketones is 1. The SMILES string of the molecule is NC(C(=O)c1cccc(OC2CC2)c1)c1cccs1. The molecule has 19 heavy (non-hydrogen) atoms. The number of hydrogen-bond acceptors (Lipinski definition) is 4. The fraction of sp³-hybridized carbons (Fsp3) is 0.267. The van der Waals surface area contributed by atoms with Crippen LogP contribution >= 0.6 is 11.3 Å². The van der Waals surface area contributed by atoms with Gasteiger partial charge in [0.05, 0.1) is 6.10 Å². The zero-order chi connectivity index (χ0) is 13.2. The van der Waals surface area contributed by atoms with Gasteiger partial charge in [0.25, 0.3) is 0 Å². The minimum Gasteiger partial charge on any atom is -0.490 e. The van der Waals surface area contributed by atoms with E-state index in [1.54, 1.807) is 12.1 Å². The van der Waals surface area contributed by atoms with Gasteiger partial charge in [0.2, 0.25) is 0 Å². The monoisotopic (exact) mass is 273 g/mol. The lowest BCUT2D eigenvalue weighted by Gasteiger charge is -2.10. The third kappa shape index (κ3) is 2.85. The number of ether oxygens (including phenoxy) is 1. The molecular formula is C15H15NO2S. The summed E-state index contributed by atoms with van der Waals surface area (Å²) in [7, 11) is 0. The summed E-state index contributed by atoms with van der Waals surface area (Å²) in [4.78, 5) is 13.2. The molecule has 1 aromatic carbocycles. The third-order valence-electron chi connectivity index (χ3n) is 3.08. The predicted molar refractivity (Wildman–Crippen MR) is 75.7 cm³/mol. The van der Waals surface area contributed by atoms with E-state index in [4.69, 9.17) is 10.5 Å². The Kier molecular flexibility index (Phi) is 3.36. The maximum Gasteiger partial charge on any atom is 0.184 e. The molecule has 2 aromatic rings. The Labute approximate surface area is 116 Å². The molecule has 3 nitrogen and oxygen atoms in total. The van der Waals surface area contributed by atoms with Crippen molar-refractivity contribution in [3.63, 3.8) is 0 Å². The molecule has 1 aromatic heterocycles. The van der Waals surface area contributed by atoms with Crippen molar-refractivity contribution in [1.29, 1.82) is 0 Å². The number of Topliss-reactive ketones (excluding diaryl/α,β-unsaturated/α-hetero) is 1. The van der Waals surface area contributed by atoms with Gasteiger partial charge in [-0.1, -0.05) is 18.2 Å². The van der Waals surface area contributed by atoms with Crippen LogP contribution < -0.4 is 10.5 Å². The lowest BCUT2D eigenvalue weighted by atomic mass is 10.0. The number of carbonyl (C=O) groups is 1. The first kappa shape index (κ1) is 12.4. The lowest BCUT2D eigenvalue weighted by Crippen LogP contribution is -2.20. The van der Waals surface area contributed by atoms with Gasteiger partial charge >= 0.3 is 0 Å². The van der Waals surface area contributed by atoms with Gasteiger partial charge in [-0.05, 0) is 36.4 Å². The number of carbonyl (C=O) groups excluding carboxylic acids is 1. The fourth-order valence-electron chi connectivity index (χ4n) is 1.88. The van der Waals surface area contributed by atoms with Crippen LogP contribution in [0.25, 0.3) is 0 Å². The highest BCUT2D eigenvalue weighted by Crippen LogP contribution is 2.28. The molecule has 1 aliphatic rings. The minimum atomic E-state index is -0.587. The quantitative estimate of drug-likeness (QED) is 0.851. The second-order valence-electron chi connectivity index (χ2n) is 4.70. The van der Waals surface area contributed by atoms with Crippen LogP contribution in [-0.2, 0) is 0 Å². The highest BCUT2D eigenvalue weighted by Gasteiger charge is 2.24. The standard InChI is InChI=1S/C15H15NO2S/c16-14(13-5-2-8-19-13)15(17)10-3-1-4-12(9-10)18-11-6-7-11/h1-5,8-9,11,14H,6-7,16H2. The van der Waals surface area contributed by atoms with Crippen LogP contribution in [0.3, 0.4) is 0 Å². The van der Waals surface area contributed by atoms with Gasteiger partial charge in [0.1, 0.15) is 11.8 Å². The van der Waals surface area contributed by atoms with Gasteiger partial charge in [-0.2, -0.15) is 0 Å². The van der Waals surface area contributed by atoms with Crippen molar-refractivity contribution in [1.82, 2.24) is 0 Å². The van der Waals surface area contributed by atoms with Gasteiger partial charge in [-0.25, -0.2) is 0 Å². The second kappa shape index (κ2) is 5.15. The Balaban J connectivity index is 1.78. The fourth-order valence-corrected chi connectivity index (χ4v) is 2.60. The van der Waals surface area contributed by atoms with Crippen LogP contribution in [0.5, 0.6) is 5.75 Å². The highest BCUT2D eigenvalue weighted by molar-refractivity contribution is 7.10. The number of nitrogens with two attached hydrogens (primary N) is 1. The molecule has 0 aliphatic heterocycles. The van der Waals surface area contributed by atoms with E-state index in [9.17, 15) is 4.79 Å². The van der Waals surface area contributed by atoms with Crippen LogP contribution in [0.4, 0.5) is 0 Å². The molecule has 1 saturated carbocycles. The summed E-state index contributed by atoms with van der Waals surface area (Å²) >= 11 is 1.50. The zero-order valence-corrected chi connectivity index (χ0v) is 11.2. The van der Waals surface area contributed by atoms with Gasteiger partial charge in [-0.15, -0.1) is 11.3 Å². The van der Waals surface area contributed by atoms with Crippen LogP contribution in [0.1, 0.15) is 34.1 Å². The van der Waals surface area contributed by atoms with E-state index in [1.807, 2.05) is 29.6 Å². The number of thiophene rings is 1. The summed E-state index contributed by atoms with van der Waals surface area (Å²) in [6.07, 6.45) is 2.54. The Morgan fingerprint density at radius 3 is 2.84 bits per heavy atom. The molecule has 0 radical (unpaired) electrons. The van der Waals surface area contributed by atoms with Crippen LogP contribution in [0.2, 0.25) is 0 Å². The Hall–Kier alpha value is -1.65. The Morgan fingerprint density at radius 1 is 1.32 bits per heavy atom. The Morgan fingerprint density at radius 2 is 2.16 bits per heavy atom. The number of rotatable bonds is 5. The zero-order valence-electron chi connectivity index (χ0n) is 10.4. The van der Waals surface area contributed by atoms with Gasteiger partial charge in [0, 0.05) is 10.4 Å². The average molecular weight is 273 g/mol. The molecule has 0 saturated heterocycles. The number of benzene rings is 1. The molecule has 1 atom stereocenters. The molecule has 0 amide bonds. The maximum absolute atomic E-state index is 12.3. The molecule has 2 N–H and O–H groups in total. The lowest BCUT2D eigenvalue weighted by molar-refractivity contribution is 0.0962. The summed E-state index contributed by atoms with van der Waals surface area (Å²) in [6.45, 7) is 0. The molecule has 0 spiro atoms. The average Bonchev–Trinajstić information content (AvgIpc) is 3.08. The van der Waals surface area contributed by atoms with Crippen molar-refractivity contribution >= 4 is 17.1 Å². The van der Waals surface area contributed by atoms with Crippen molar-refractivity contribution < 1.29 is 9.53 Å². The summed E-state index contributed by atoms with van der Waals surface area (Å²) in [5.41, 5.74) is 6.61. The van der Waals surface area contributed by atoms with Gasteiger partial charge in [0.15, 0.2) is 5.78 Å². The smallest absolute Gasteiger partial charge is 0.184 e. The van der Waals surface area contributed by atoms with E-state index in [-0.39, 0.29) is 5.78 Å². The molecule has 1 fully saturated rings. The summed E-state index contributed by atoms with van der Waals surface area (Å²) in [5, 5.41) is 1.93. The molecule has 0 bridgehead atoms. The first-order valence-corrected chi connectivity index (χ1v) is 7.22. The summed E-state index contributed by atoms with van der Waals surface area (Å²) < 4.78 is 5.70. The third-order valence-corrected chi connectivity index (χ3v) is 4.03. The van der Waals surface area contributed by atoms with Crippen molar-refractivity contribution in [2.24, 2.45) is 5.73 Å². The van der Waals surface area contributed by atoms with Crippen LogP contribution in [0.15, 0.2) is 41.8 Å². The van der Waals surface area contributed by atoms with Crippen LogP contribution in [-0.4, -0.2) is 11.9 Å². The highest BCUT2D eigenvalue weighted by atomic mass is 32.1. The molecular weight excluding hydrogens is 258 g/mol. The van der Waals surface area contributed by atoms with Crippen molar-refractivity contribution in [3.05, 3.63) is 52.2 Å². The van der Waals surface area contributed by atoms with Gasteiger partial charge in [-0.3, -0.25) is 4.79 Å². The normalized spacial score (nSPS) is 16.1. The topological polar surface area (TPSA) is 52.3 Å². The molecule has 1 heterocycles. The minimum absolute atomic E-state index is 0.0660. The van der Waals surface area contributed by atoms with E-state index in [1.165, 1.54) is 11.3 Å². The van der Waals surface area contributed by atoms with E-state index in [0.29, 0.717) is 11.7 Å². The number of hydrogen-bond donors (Lipinski definition) is 1. The van der Waals surface area contributed by atoms with E-state index >= 15 is 0 Å². The molecule has 98 valence electrons. The summed E-state index contributed by atoms with van der Waals surface area (Å²) in [6, 6.07) is 10.5. The molecule has 3 rings (SSSR count). The maximum atomic E-state index is 12.3. The van der Waals surface area contributed by atoms with Crippen LogP contribution in [0, 0.1) is 0 Å². The first-order valence-electron chi connectivity index (χ1n) is 6.34. The molecule has 1 unspecified atom stereocenters. The van der Waals surface area contributed by atoms with Gasteiger partial charge < -0.3 is 10.5 Å². The Bertz CT molecular complexity index is 576. The van der Waals surface area contributed by atoms with E-state index in [2.05, 4.69) is 0 Å². The van der Waals surface area contributed by atoms with Crippen molar-refractivity contribution in [2.45, 2.75) is 25.0 Å². The predicted octanol–water partition coefficient (Wildman–Crippen LogP) is 3.17. The largest absolute Gasteiger partial charge is 0.490 e. The van der Waals surface area contributed by atoms with Crippen molar-refractivity contribution in [2.75, 3.05) is 0 Å². The van der Waals surface area contributed by atoms with E-state index in [0.717, 1.165) is 23.5 Å². The molecule has 1 aliphatic carbocycles. The second-order valence-corrected chi connectivity index (χ2v) is 5.68. The first-order chi connectivity index (χ1) is 9.24. The summed E-state index contributed by atoms with van der Waals surface area (Å²) in [5.74, 6) is 0.690. The van der Waals surface area contributed by atoms with E-state index < -0.39 is 6.04 Å². The van der Waals surface area contributed by atoms with Crippen molar-refractivity contribution in [3.8, 4) is 5.75 Å². The molecule has 4 heteroatoms.